The van der Waals surface area contributed by atoms with Gasteiger partial charge in [0.2, 0.25) is 5.91 Å². The van der Waals surface area contributed by atoms with Crippen LogP contribution in [0.4, 0.5) is 4.39 Å². The fourth-order valence-electron chi connectivity index (χ4n) is 4.74. The maximum absolute atomic E-state index is 14.3. The van der Waals surface area contributed by atoms with Crippen molar-refractivity contribution in [1.82, 2.24) is 14.7 Å². The molecular weight excluding hydrogens is 417 g/mol. The van der Waals surface area contributed by atoms with Crippen LogP contribution in [-0.4, -0.2) is 109 Å². The third kappa shape index (κ3) is 5.28. The fraction of sp³-hybridized carbons (Fsp3) is 0.652. The van der Waals surface area contributed by atoms with E-state index in [1.54, 1.807) is 6.07 Å². The summed E-state index contributed by atoms with van der Waals surface area (Å²) >= 11 is 0. The summed E-state index contributed by atoms with van der Waals surface area (Å²) in [5, 5.41) is 10.3. The van der Waals surface area contributed by atoms with Crippen LogP contribution in [0, 0.1) is 5.82 Å². The summed E-state index contributed by atoms with van der Waals surface area (Å²) in [5.74, 6) is -0.966. The minimum atomic E-state index is -0.858. The minimum Gasteiger partial charge on any atom is -0.389 e. The van der Waals surface area contributed by atoms with Crippen molar-refractivity contribution in [2.24, 2.45) is 0 Å². The van der Waals surface area contributed by atoms with Crippen molar-refractivity contribution >= 4 is 11.8 Å². The summed E-state index contributed by atoms with van der Waals surface area (Å²) in [6.07, 6.45) is -0.0294. The predicted molar refractivity (Wildman–Crippen MR) is 115 cm³/mol. The van der Waals surface area contributed by atoms with Gasteiger partial charge in [0.15, 0.2) is 0 Å². The van der Waals surface area contributed by atoms with E-state index in [9.17, 15) is 19.1 Å². The molecule has 4 rings (SSSR count). The van der Waals surface area contributed by atoms with E-state index in [1.165, 1.54) is 23.1 Å². The zero-order chi connectivity index (χ0) is 22.7. The molecule has 1 aromatic rings. The molecule has 0 radical (unpaired) electrons. The molecule has 3 fully saturated rings. The van der Waals surface area contributed by atoms with Crippen LogP contribution in [0.3, 0.4) is 0 Å². The van der Waals surface area contributed by atoms with Crippen molar-refractivity contribution in [1.29, 1.82) is 0 Å². The van der Waals surface area contributed by atoms with Crippen LogP contribution in [0.1, 0.15) is 29.6 Å². The Kier molecular flexibility index (Phi) is 7.40. The molecular formula is C23H32FN3O5. The van der Waals surface area contributed by atoms with E-state index < -0.39 is 23.9 Å². The molecule has 32 heavy (non-hydrogen) atoms. The lowest BCUT2D eigenvalue weighted by molar-refractivity contribution is -0.155. The molecule has 0 bridgehead atoms. The van der Waals surface area contributed by atoms with Crippen LogP contribution in [0.15, 0.2) is 24.3 Å². The topological polar surface area (TPSA) is 82.6 Å². The molecule has 1 aromatic carbocycles. The van der Waals surface area contributed by atoms with Gasteiger partial charge in [0.1, 0.15) is 11.9 Å². The number of amides is 2. The number of piperazine rings is 1. The molecule has 1 N–H and O–H groups in total. The lowest BCUT2D eigenvalue weighted by Gasteiger charge is -2.44. The predicted octanol–water partition coefficient (Wildman–Crippen LogP) is 0.739. The highest BCUT2D eigenvalue weighted by Crippen LogP contribution is 2.29. The van der Waals surface area contributed by atoms with Gasteiger partial charge in [-0.05, 0) is 32.0 Å². The Bertz CT molecular complexity index is 817. The fourth-order valence-corrected chi connectivity index (χ4v) is 4.74. The van der Waals surface area contributed by atoms with Crippen molar-refractivity contribution in [3.8, 4) is 0 Å². The number of rotatable bonds is 3. The molecule has 3 heterocycles. The number of carbonyl (C=O) groups excluding carboxylic acids is 2. The number of aliphatic hydroxyl groups excluding tert-OH is 1. The zero-order valence-corrected chi connectivity index (χ0v) is 18.5. The minimum absolute atomic E-state index is 0.0210. The summed E-state index contributed by atoms with van der Waals surface area (Å²) in [6, 6.07) is 5.51. The van der Waals surface area contributed by atoms with Crippen molar-refractivity contribution in [3.05, 3.63) is 35.6 Å². The summed E-state index contributed by atoms with van der Waals surface area (Å²) in [4.78, 5) is 31.6. The van der Waals surface area contributed by atoms with E-state index in [0.717, 1.165) is 26.2 Å². The standard InChI is InChI=1S/C23H32FN3O5/c1-25-8-10-26(11-9-25)22(29)12-17-6-7-20-21(32-17)15-31-14-16(28)13-27(20)23(30)18-4-2-3-5-19(18)24/h2-5,16-17,20-21,28H,6-15H2,1H3/t16-,17-,20+,21-/m0/s1. The number of benzene rings is 1. The van der Waals surface area contributed by atoms with Gasteiger partial charge in [0, 0.05) is 32.7 Å². The summed E-state index contributed by atoms with van der Waals surface area (Å²) in [7, 11) is 2.05. The molecule has 4 atom stereocenters. The highest BCUT2D eigenvalue weighted by atomic mass is 19.1. The molecule has 9 heteroatoms. The number of aliphatic hydroxyl groups is 1. The number of likely N-dealkylation sites (N-methyl/N-ethyl adjacent to an activating group) is 1. The first-order valence-corrected chi connectivity index (χ1v) is 11.4. The van der Waals surface area contributed by atoms with Gasteiger partial charge in [0.05, 0.1) is 43.4 Å². The third-order valence-corrected chi connectivity index (χ3v) is 6.60. The number of β-amino-alcohol motifs (C(OH)–C–C–N with tert-alkyl or cyclic N) is 1. The van der Waals surface area contributed by atoms with Crippen LogP contribution >= 0.6 is 0 Å². The van der Waals surface area contributed by atoms with E-state index >= 15 is 0 Å². The Morgan fingerprint density at radius 3 is 2.62 bits per heavy atom. The number of nitrogens with zero attached hydrogens (tertiary/aromatic N) is 3. The number of hydrogen-bond donors (Lipinski definition) is 1. The SMILES string of the molecule is CN1CCN(C(=O)C[C@@H]2CC[C@@H]3[C@H](COC[C@@H](O)CN3C(=O)c3ccccc3F)O2)CC1. The average molecular weight is 450 g/mol. The summed E-state index contributed by atoms with van der Waals surface area (Å²) < 4.78 is 26.1. The van der Waals surface area contributed by atoms with E-state index in [2.05, 4.69) is 4.90 Å². The summed E-state index contributed by atoms with van der Waals surface area (Å²) in [5.41, 5.74) is -0.0210. The number of hydrogen-bond acceptors (Lipinski definition) is 6. The van der Waals surface area contributed by atoms with Gasteiger partial charge in [-0.2, -0.15) is 0 Å². The Hall–Kier alpha value is -2.07. The maximum atomic E-state index is 14.3. The monoisotopic (exact) mass is 449 g/mol. The number of fused-ring (bicyclic) bond motifs is 1. The molecule has 3 aliphatic heterocycles. The molecule has 0 unspecified atom stereocenters. The zero-order valence-electron chi connectivity index (χ0n) is 18.5. The number of carbonyl (C=O) groups is 2. The van der Waals surface area contributed by atoms with E-state index in [0.29, 0.717) is 19.3 Å². The highest BCUT2D eigenvalue weighted by Gasteiger charge is 2.41. The highest BCUT2D eigenvalue weighted by molar-refractivity contribution is 5.94. The van der Waals surface area contributed by atoms with Crippen LogP contribution in [0.2, 0.25) is 0 Å². The normalized spacial score (nSPS) is 29.7. The second-order valence-electron chi connectivity index (χ2n) is 8.96. The van der Waals surface area contributed by atoms with E-state index in [-0.39, 0.29) is 43.4 Å². The molecule has 8 nitrogen and oxygen atoms in total. The molecule has 0 saturated carbocycles. The Balaban J connectivity index is 1.44. The average Bonchev–Trinajstić information content (AvgIpc) is 2.77. The quantitative estimate of drug-likeness (QED) is 0.733. The van der Waals surface area contributed by atoms with Gasteiger partial charge in [-0.3, -0.25) is 9.59 Å². The lowest BCUT2D eigenvalue weighted by Crippen LogP contribution is -2.57. The van der Waals surface area contributed by atoms with Gasteiger partial charge in [-0.15, -0.1) is 0 Å². The van der Waals surface area contributed by atoms with Gasteiger partial charge >= 0.3 is 0 Å². The second-order valence-corrected chi connectivity index (χ2v) is 8.96. The Labute approximate surface area is 187 Å². The van der Waals surface area contributed by atoms with Gasteiger partial charge in [-0.1, -0.05) is 12.1 Å². The Morgan fingerprint density at radius 2 is 1.88 bits per heavy atom. The molecule has 0 spiro atoms. The first-order valence-electron chi connectivity index (χ1n) is 11.4. The smallest absolute Gasteiger partial charge is 0.257 e. The number of ether oxygens (including phenoxy) is 2. The van der Waals surface area contributed by atoms with Gasteiger partial charge < -0.3 is 29.3 Å². The van der Waals surface area contributed by atoms with Crippen LogP contribution in [-0.2, 0) is 14.3 Å². The van der Waals surface area contributed by atoms with Crippen molar-refractivity contribution in [3.63, 3.8) is 0 Å². The van der Waals surface area contributed by atoms with Crippen LogP contribution in [0.25, 0.3) is 0 Å². The molecule has 3 aliphatic rings. The van der Waals surface area contributed by atoms with Crippen LogP contribution in [0.5, 0.6) is 0 Å². The first kappa shape index (κ1) is 23.1. The summed E-state index contributed by atoms with van der Waals surface area (Å²) in [6.45, 7) is 3.50. The molecule has 176 valence electrons. The van der Waals surface area contributed by atoms with Crippen molar-refractivity contribution < 1.29 is 28.6 Å². The number of halogens is 1. The van der Waals surface area contributed by atoms with E-state index in [1.807, 2.05) is 11.9 Å². The Morgan fingerprint density at radius 1 is 1.12 bits per heavy atom. The second kappa shape index (κ2) is 10.2. The molecule has 2 amide bonds. The van der Waals surface area contributed by atoms with Crippen molar-refractivity contribution in [2.75, 3.05) is 53.0 Å². The lowest BCUT2D eigenvalue weighted by atomic mass is 9.94. The van der Waals surface area contributed by atoms with Crippen molar-refractivity contribution in [2.45, 2.75) is 43.6 Å². The largest absolute Gasteiger partial charge is 0.389 e. The maximum Gasteiger partial charge on any atom is 0.257 e. The van der Waals surface area contributed by atoms with E-state index in [4.69, 9.17) is 9.47 Å². The first-order chi connectivity index (χ1) is 15.4. The third-order valence-electron chi connectivity index (χ3n) is 6.60. The molecule has 0 aliphatic carbocycles. The van der Waals surface area contributed by atoms with Gasteiger partial charge in [-0.25, -0.2) is 4.39 Å². The molecule has 3 saturated heterocycles. The molecule has 0 aromatic heterocycles. The van der Waals surface area contributed by atoms with Crippen LogP contribution < -0.4 is 0 Å². The van der Waals surface area contributed by atoms with Gasteiger partial charge in [0.25, 0.3) is 5.91 Å².